The second-order valence-electron chi connectivity index (χ2n) is 4.16. The maximum absolute atomic E-state index is 5.20. The first-order chi connectivity index (χ1) is 8.78. The molecule has 18 heavy (non-hydrogen) atoms. The molecule has 0 fully saturated rings. The van der Waals surface area contributed by atoms with Gasteiger partial charge in [-0.2, -0.15) is 0 Å². The summed E-state index contributed by atoms with van der Waals surface area (Å²) in [6.45, 7) is 2.04. The van der Waals surface area contributed by atoms with Crippen molar-refractivity contribution in [2.45, 2.75) is 6.92 Å². The smallest absolute Gasteiger partial charge is 0.138 e. The number of aromatic nitrogens is 3. The second-order valence-corrected chi connectivity index (χ2v) is 4.16. The molecule has 4 heteroatoms. The van der Waals surface area contributed by atoms with Gasteiger partial charge in [0.05, 0.1) is 18.8 Å². The highest BCUT2D eigenvalue weighted by atomic mass is 16.5. The second kappa shape index (κ2) is 4.14. The van der Waals surface area contributed by atoms with E-state index in [0.29, 0.717) is 0 Å². The Bertz CT molecular complexity index is 670. The molecule has 0 unspecified atom stereocenters. The number of nitrogens with one attached hydrogen (secondary N) is 1. The third-order valence-electron chi connectivity index (χ3n) is 2.97. The first-order valence-electron chi connectivity index (χ1n) is 5.72. The van der Waals surface area contributed by atoms with Crippen molar-refractivity contribution in [3.05, 3.63) is 42.2 Å². The number of rotatable bonds is 2. The van der Waals surface area contributed by atoms with Gasteiger partial charge in [-0.1, -0.05) is 0 Å². The predicted molar refractivity (Wildman–Crippen MR) is 70.6 cm³/mol. The van der Waals surface area contributed by atoms with Gasteiger partial charge in [0.15, 0.2) is 0 Å². The maximum Gasteiger partial charge on any atom is 0.138 e. The molecule has 1 N–H and O–H groups in total. The molecule has 0 aliphatic rings. The van der Waals surface area contributed by atoms with E-state index in [-0.39, 0.29) is 0 Å². The Hall–Kier alpha value is -2.36. The normalized spacial score (nSPS) is 10.8. The SMILES string of the molecule is COc1ccc(-c2nc3cnccc3[nH]2)c(C)c1. The zero-order chi connectivity index (χ0) is 12.5. The Morgan fingerprint density at radius 3 is 2.83 bits per heavy atom. The summed E-state index contributed by atoms with van der Waals surface area (Å²) in [6, 6.07) is 7.87. The molecular formula is C14H13N3O. The number of hydrogen-bond donors (Lipinski definition) is 1. The third kappa shape index (κ3) is 1.72. The molecule has 0 saturated heterocycles. The Morgan fingerprint density at radius 2 is 2.11 bits per heavy atom. The molecule has 3 rings (SSSR count). The monoisotopic (exact) mass is 239 g/mol. The predicted octanol–water partition coefficient (Wildman–Crippen LogP) is 2.94. The Labute approximate surface area is 105 Å². The first kappa shape index (κ1) is 10.8. The molecule has 0 spiro atoms. The zero-order valence-corrected chi connectivity index (χ0v) is 10.3. The molecule has 0 atom stereocenters. The molecular weight excluding hydrogens is 226 g/mol. The van der Waals surface area contributed by atoms with Crippen LogP contribution in [0, 0.1) is 6.92 Å². The van der Waals surface area contributed by atoms with Crippen molar-refractivity contribution in [2.24, 2.45) is 0 Å². The van der Waals surface area contributed by atoms with Crippen LogP contribution in [0.15, 0.2) is 36.7 Å². The van der Waals surface area contributed by atoms with Crippen molar-refractivity contribution >= 4 is 11.0 Å². The van der Waals surface area contributed by atoms with E-state index in [9.17, 15) is 0 Å². The number of pyridine rings is 1. The van der Waals surface area contributed by atoms with E-state index in [2.05, 4.69) is 15.0 Å². The van der Waals surface area contributed by atoms with E-state index in [1.165, 1.54) is 0 Å². The van der Waals surface area contributed by atoms with Crippen molar-refractivity contribution in [1.29, 1.82) is 0 Å². The Kier molecular flexibility index (Phi) is 2.48. The van der Waals surface area contributed by atoms with E-state index in [4.69, 9.17) is 4.74 Å². The van der Waals surface area contributed by atoms with E-state index in [1.807, 2.05) is 31.2 Å². The van der Waals surface area contributed by atoms with Crippen LogP contribution in [0.5, 0.6) is 5.75 Å². The number of hydrogen-bond acceptors (Lipinski definition) is 3. The lowest BCUT2D eigenvalue weighted by Crippen LogP contribution is -1.88. The van der Waals surface area contributed by atoms with Crippen molar-refractivity contribution < 1.29 is 4.74 Å². The minimum atomic E-state index is 0.856. The fourth-order valence-corrected chi connectivity index (χ4v) is 2.01. The Morgan fingerprint density at radius 1 is 1.22 bits per heavy atom. The molecule has 0 amide bonds. The van der Waals surface area contributed by atoms with Crippen LogP contribution in [0.1, 0.15) is 5.56 Å². The number of aromatic amines is 1. The molecule has 4 nitrogen and oxygen atoms in total. The standard InChI is InChI=1S/C14H13N3O/c1-9-7-10(18-2)3-4-11(9)14-16-12-5-6-15-8-13(12)17-14/h3-8H,1-2H3,(H,16,17). The molecule has 0 radical (unpaired) electrons. The van der Waals surface area contributed by atoms with Crippen LogP contribution >= 0.6 is 0 Å². The fourth-order valence-electron chi connectivity index (χ4n) is 2.01. The lowest BCUT2D eigenvalue weighted by molar-refractivity contribution is 0.414. The summed E-state index contributed by atoms with van der Waals surface area (Å²) in [4.78, 5) is 11.9. The number of imidazole rings is 1. The molecule has 0 aliphatic heterocycles. The number of aryl methyl sites for hydroxylation is 1. The summed E-state index contributed by atoms with van der Waals surface area (Å²) in [7, 11) is 1.67. The molecule has 90 valence electrons. The van der Waals surface area contributed by atoms with E-state index in [0.717, 1.165) is 33.7 Å². The molecule has 0 aliphatic carbocycles. The van der Waals surface area contributed by atoms with E-state index in [1.54, 1.807) is 19.5 Å². The lowest BCUT2D eigenvalue weighted by atomic mass is 10.1. The van der Waals surface area contributed by atoms with Gasteiger partial charge < -0.3 is 9.72 Å². The molecule has 3 aromatic rings. The van der Waals surface area contributed by atoms with Gasteiger partial charge in [0.2, 0.25) is 0 Å². The molecule has 0 saturated carbocycles. The highest BCUT2D eigenvalue weighted by molar-refractivity contribution is 5.79. The van der Waals surface area contributed by atoms with Gasteiger partial charge in [-0.05, 0) is 36.8 Å². The largest absolute Gasteiger partial charge is 0.497 e. The summed E-state index contributed by atoms with van der Waals surface area (Å²) in [6.07, 6.45) is 3.51. The summed E-state index contributed by atoms with van der Waals surface area (Å²) in [5.41, 5.74) is 4.08. The average molecular weight is 239 g/mol. The topological polar surface area (TPSA) is 50.8 Å². The van der Waals surface area contributed by atoms with Crippen molar-refractivity contribution in [2.75, 3.05) is 7.11 Å². The van der Waals surface area contributed by atoms with Crippen LogP contribution in [-0.2, 0) is 0 Å². The average Bonchev–Trinajstić information content (AvgIpc) is 2.81. The zero-order valence-electron chi connectivity index (χ0n) is 10.3. The van der Waals surface area contributed by atoms with Crippen molar-refractivity contribution in [3.8, 4) is 17.1 Å². The minimum absolute atomic E-state index is 0.856. The quantitative estimate of drug-likeness (QED) is 0.748. The minimum Gasteiger partial charge on any atom is -0.497 e. The van der Waals surface area contributed by atoms with Crippen LogP contribution in [0.4, 0.5) is 0 Å². The third-order valence-corrected chi connectivity index (χ3v) is 2.97. The number of nitrogens with zero attached hydrogens (tertiary/aromatic N) is 2. The van der Waals surface area contributed by atoms with Gasteiger partial charge >= 0.3 is 0 Å². The van der Waals surface area contributed by atoms with Gasteiger partial charge in [0.25, 0.3) is 0 Å². The van der Waals surface area contributed by atoms with Crippen LogP contribution in [-0.4, -0.2) is 22.1 Å². The van der Waals surface area contributed by atoms with Gasteiger partial charge in [-0.25, -0.2) is 4.98 Å². The van der Waals surface area contributed by atoms with Gasteiger partial charge in [0.1, 0.15) is 17.1 Å². The Balaban J connectivity index is 2.14. The maximum atomic E-state index is 5.20. The molecule has 1 aromatic carbocycles. The van der Waals surface area contributed by atoms with Gasteiger partial charge in [-0.3, -0.25) is 4.98 Å². The summed E-state index contributed by atoms with van der Waals surface area (Å²) < 4.78 is 5.20. The van der Waals surface area contributed by atoms with Crippen LogP contribution < -0.4 is 4.74 Å². The highest BCUT2D eigenvalue weighted by Gasteiger charge is 2.08. The molecule has 2 aromatic heterocycles. The van der Waals surface area contributed by atoms with Crippen LogP contribution in [0.2, 0.25) is 0 Å². The molecule has 2 heterocycles. The molecule has 0 bridgehead atoms. The number of benzene rings is 1. The summed E-state index contributed by atoms with van der Waals surface area (Å²) in [5.74, 6) is 1.71. The summed E-state index contributed by atoms with van der Waals surface area (Å²) >= 11 is 0. The number of methoxy groups -OCH3 is 1. The highest BCUT2D eigenvalue weighted by Crippen LogP contribution is 2.26. The number of fused-ring (bicyclic) bond motifs is 1. The van der Waals surface area contributed by atoms with Crippen LogP contribution in [0.3, 0.4) is 0 Å². The first-order valence-corrected chi connectivity index (χ1v) is 5.72. The van der Waals surface area contributed by atoms with Crippen molar-refractivity contribution in [3.63, 3.8) is 0 Å². The summed E-state index contributed by atoms with van der Waals surface area (Å²) in [5, 5.41) is 0. The van der Waals surface area contributed by atoms with Gasteiger partial charge in [0, 0.05) is 11.8 Å². The van der Waals surface area contributed by atoms with Crippen molar-refractivity contribution in [1.82, 2.24) is 15.0 Å². The number of H-pyrrole nitrogens is 1. The fraction of sp³-hybridized carbons (Fsp3) is 0.143. The van der Waals surface area contributed by atoms with E-state index < -0.39 is 0 Å². The lowest BCUT2D eigenvalue weighted by Gasteiger charge is -2.05. The van der Waals surface area contributed by atoms with E-state index >= 15 is 0 Å². The van der Waals surface area contributed by atoms with Crippen LogP contribution in [0.25, 0.3) is 22.4 Å². The van der Waals surface area contributed by atoms with Gasteiger partial charge in [-0.15, -0.1) is 0 Å². The number of ether oxygens (including phenoxy) is 1.